The Morgan fingerprint density at radius 3 is 2.33 bits per heavy atom. The lowest BCUT2D eigenvalue weighted by atomic mass is 9.92. The van der Waals surface area contributed by atoms with Crippen molar-refractivity contribution in [3.63, 3.8) is 0 Å². The van der Waals surface area contributed by atoms with Gasteiger partial charge in [-0.3, -0.25) is 4.90 Å². The fraction of sp³-hybridized carbons (Fsp3) is 1.00. The fourth-order valence-electron chi connectivity index (χ4n) is 3.54. The minimum Gasteiger partial charge on any atom is -0.297 e. The highest BCUT2D eigenvalue weighted by atomic mass is 15.2. The van der Waals surface area contributed by atoms with Gasteiger partial charge in [0.15, 0.2) is 0 Å². The van der Waals surface area contributed by atoms with Crippen LogP contribution in [0, 0.1) is 5.92 Å². The van der Waals surface area contributed by atoms with Crippen LogP contribution in [-0.4, -0.2) is 23.5 Å². The maximum Gasteiger partial charge on any atom is 0.0101 e. The highest BCUT2D eigenvalue weighted by Crippen LogP contribution is 2.31. The molecule has 1 heteroatoms. The van der Waals surface area contributed by atoms with Crippen LogP contribution in [0.5, 0.6) is 0 Å². The van der Waals surface area contributed by atoms with Crippen LogP contribution in [0.2, 0.25) is 0 Å². The van der Waals surface area contributed by atoms with Gasteiger partial charge in [0.05, 0.1) is 0 Å². The van der Waals surface area contributed by atoms with Crippen molar-refractivity contribution in [2.75, 3.05) is 6.54 Å². The van der Waals surface area contributed by atoms with Crippen LogP contribution in [0.3, 0.4) is 0 Å². The maximum atomic E-state index is 2.87. The summed E-state index contributed by atoms with van der Waals surface area (Å²) in [6.45, 7) is 6.14. The van der Waals surface area contributed by atoms with E-state index in [0.29, 0.717) is 0 Å². The van der Waals surface area contributed by atoms with Crippen LogP contribution in [-0.2, 0) is 0 Å². The van der Waals surface area contributed by atoms with E-state index in [1.54, 1.807) is 0 Å². The van der Waals surface area contributed by atoms with Gasteiger partial charge in [-0.2, -0.15) is 0 Å². The molecule has 2 fully saturated rings. The second kappa shape index (κ2) is 5.34. The van der Waals surface area contributed by atoms with Crippen molar-refractivity contribution in [1.82, 2.24) is 4.90 Å². The largest absolute Gasteiger partial charge is 0.297 e. The first-order valence-electron chi connectivity index (χ1n) is 7.03. The lowest BCUT2D eigenvalue weighted by Gasteiger charge is -2.40. The normalized spacial score (nSPS) is 30.2. The third kappa shape index (κ3) is 2.96. The maximum absolute atomic E-state index is 2.87. The first-order chi connectivity index (χ1) is 7.27. The van der Waals surface area contributed by atoms with Crippen LogP contribution in [0.15, 0.2) is 0 Å². The van der Waals surface area contributed by atoms with E-state index in [1.165, 1.54) is 57.9 Å². The van der Waals surface area contributed by atoms with Gasteiger partial charge in [-0.05, 0) is 44.6 Å². The Morgan fingerprint density at radius 1 is 1.00 bits per heavy atom. The summed E-state index contributed by atoms with van der Waals surface area (Å²) in [5, 5.41) is 0. The van der Waals surface area contributed by atoms with Crippen molar-refractivity contribution < 1.29 is 0 Å². The molecule has 1 aliphatic heterocycles. The van der Waals surface area contributed by atoms with Crippen molar-refractivity contribution in [2.45, 2.75) is 77.3 Å². The Morgan fingerprint density at radius 2 is 1.67 bits per heavy atom. The summed E-state index contributed by atoms with van der Waals surface area (Å²) in [6.07, 6.45) is 11.7. The fourth-order valence-corrected chi connectivity index (χ4v) is 3.54. The molecule has 0 aromatic rings. The van der Waals surface area contributed by atoms with Gasteiger partial charge in [0.1, 0.15) is 0 Å². The zero-order valence-electron chi connectivity index (χ0n) is 10.5. The van der Waals surface area contributed by atoms with E-state index in [4.69, 9.17) is 0 Å². The minimum atomic E-state index is 0.872. The molecular formula is C14H27N. The summed E-state index contributed by atoms with van der Waals surface area (Å²) >= 11 is 0. The molecule has 0 N–H and O–H groups in total. The molecule has 1 aliphatic carbocycles. The summed E-state index contributed by atoms with van der Waals surface area (Å²) in [5.41, 5.74) is 0. The average molecular weight is 209 g/mol. The van der Waals surface area contributed by atoms with Crippen LogP contribution in [0.25, 0.3) is 0 Å². The van der Waals surface area contributed by atoms with Gasteiger partial charge in [0, 0.05) is 12.1 Å². The first kappa shape index (κ1) is 11.4. The van der Waals surface area contributed by atoms with Gasteiger partial charge in [-0.1, -0.05) is 33.1 Å². The molecule has 0 aromatic heterocycles. The molecule has 88 valence electrons. The molecule has 1 atom stereocenters. The van der Waals surface area contributed by atoms with Crippen LogP contribution < -0.4 is 0 Å². The Bertz CT molecular complexity index is 182. The average Bonchev–Trinajstić information content (AvgIpc) is 2.70. The number of likely N-dealkylation sites (tertiary alicyclic amines) is 1. The molecule has 1 nitrogen and oxygen atoms in total. The number of hydrogen-bond acceptors (Lipinski definition) is 1. The molecule has 0 amide bonds. The Balaban J connectivity index is 1.92. The van der Waals surface area contributed by atoms with Crippen molar-refractivity contribution in [2.24, 2.45) is 5.92 Å². The third-order valence-electron chi connectivity index (χ3n) is 4.21. The van der Waals surface area contributed by atoms with Crippen LogP contribution in [0.1, 0.15) is 65.2 Å². The number of piperidine rings is 1. The van der Waals surface area contributed by atoms with Crippen molar-refractivity contribution in [3.05, 3.63) is 0 Å². The molecule has 0 radical (unpaired) electrons. The quantitative estimate of drug-likeness (QED) is 0.683. The van der Waals surface area contributed by atoms with Gasteiger partial charge in [-0.15, -0.1) is 0 Å². The van der Waals surface area contributed by atoms with Gasteiger partial charge < -0.3 is 0 Å². The summed E-state index contributed by atoms with van der Waals surface area (Å²) in [6, 6.07) is 1.87. The summed E-state index contributed by atoms with van der Waals surface area (Å²) in [5.74, 6) is 0.872. The summed E-state index contributed by atoms with van der Waals surface area (Å²) < 4.78 is 0. The molecule has 2 rings (SSSR count). The molecule has 0 spiro atoms. The van der Waals surface area contributed by atoms with E-state index < -0.39 is 0 Å². The standard InChI is InChI=1S/C14H27N/c1-12(2)11-14-9-5-6-10-15(14)13-7-3-4-8-13/h12-14H,3-11H2,1-2H3. The highest BCUT2D eigenvalue weighted by Gasteiger charge is 2.30. The highest BCUT2D eigenvalue weighted by molar-refractivity contribution is 4.86. The molecule has 1 heterocycles. The number of rotatable bonds is 3. The van der Waals surface area contributed by atoms with E-state index in [-0.39, 0.29) is 0 Å². The smallest absolute Gasteiger partial charge is 0.0101 e. The zero-order chi connectivity index (χ0) is 10.7. The van der Waals surface area contributed by atoms with E-state index >= 15 is 0 Å². The van der Waals surface area contributed by atoms with Gasteiger partial charge >= 0.3 is 0 Å². The molecule has 15 heavy (non-hydrogen) atoms. The second-order valence-electron chi connectivity index (χ2n) is 5.96. The third-order valence-corrected chi connectivity index (χ3v) is 4.21. The van der Waals surface area contributed by atoms with Crippen LogP contribution in [0.4, 0.5) is 0 Å². The monoisotopic (exact) mass is 209 g/mol. The molecule has 0 bridgehead atoms. The Kier molecular flexibility index (Phi) is 4.07. The van der Waals surface area contributed by atoms with Gasteiger partial charge in [0.2, 0.25) is 0 Å². The lowest BCUT2D eigenvalue weighted by Crippen LogP contribution is -2.45. The predicted molar refractivity (Wildman–Crippen MR) is 66.1 cm³/mol. The van der Waals surface area contributed by atoms with E-state index in [2.05, 4.69) is 18.7 Å². The molecule has 1 saturated carbocycles. The zero-order valence-corrected chi connectivity index (χ0v) is 10.5. The topological polar surface area (TPSA) is 3.24 Å². The molecule has 1 unspecified atom stereocenters. The molecule has 1 saturated heterocycles. The van der Waals surface area contributed by atoms with E-state index in [9.17, 15) is 0 Å². The molecule has 2 aliphatic rings. The van der Waals surface area contributed by atoms with E-state index in [0.717, 1.165) is 18.0 Å². The van der Waals surface area contributed by atoms with Crippen molar-refractivity contribution in [1.29, 1.82) is 0 Å². The Hall–Kier alpha value is -0.0400. The van der Waals surface area contributed by atoms with Gasteiger partial charge in [-0.25, -0.2) is 0 Å². The molecular weight excluding hydrogens is 182 g/mol. The van der Waals surface area contributed by atoms with Gasteiger partial charge in [0.25, 0.3) is 0 Å². The SMILES string of the molecule is CC(C)CC1CCCCN1C1CCCC1. The molecule has 0 aromatic carbocycles. The predicted octanol–water partition coefficient (Wildman–Crippen LogP) is 3.83. The number of hydrogen-bond donors (Lipinski definition) is 0. The number of nitrogens with zero attached hydrogens (tertiary/aromatic N) is 1. The Labute approximate surface area is 95.2 Å². The second-order valence-corrected chi connectivity index (χ2v) is 5.96. The van der Waals surface area contributed by atoms with E-state index in [1.807, 2.05) is 0 Å². The van der Waals surface area contributed by atoms with Crippen LogP contribution >= 0.6 is 0 Å². The summed E-state index contributed by atoms with van der Waals surface area (Å²) in [4.78, 5) is 2.87. The summed E-state index contributed by atoms with van der Waals surface area (Å²) in [7, 11) is 0. The van der Waals surface area contributed by atoms with Crippen molar-refractivity contribution in [3.8, 4) is 0 Å². The first-order valence-corrected chi connectivity index (χ1v) is 7.03. The lowest BCUT2D eigenvalue weighted by molar-refractivity contribution is 0.0831. The minimum absolute atomic E-state index is 0.872. The van der Waals surface area contributed by atoms with Crippen molar-refractivity contribution >= 4 is 0 Å².